The number of rotatable bonds is 14. The van der Waals surface area contributed by atoms with Crippen LogP contribution in [0.25, 0.3) is 10.8 Å². The van der Waals surface area contributed by atoms with Gasteiger partial charge in [0, 0.05) is 24.9 Å². The van der Waals surface area contributed by atoms with E-state index in [1.165, 1.54) is 4.90 Å². The molecule has 3 N–H and O–H groups in total. The van der Waals surface area contributed by atoms with E-state index in [1.54, 1.807) is 0 Å². The predicted octanol–water partition coefficient (Wildman–Crippen LogP) is 4.86. The summed E-state index contributed by atoms with van der Waals surface area (Å²) in [4.78, 5) is 42.9. The van der Waals surface area contributed by atoms with Gasteiger partial charge in [-0.1, -0.05) is 70.2 Å². The summed E-state index contributed by atoms with van der Waals surface area (Å²) in [5, 5.41) is 12.0. The van der Waals surface area contributed by atoms with Gasteiger partial charge in [-0.05, 0) is 74.4 Å². The van der Waals surface area contributed by atoms with E-state index in [0.717, 1.165) is 42.3 Å². The molecule has 3 rings (SSSR count). The highest BCUT2D eigenvalue weighted by Crippen LogP contribution is 2.23. The number of fused-ring (bicyclic) bond motifs is 1. The summed E-state index contributed by atoms with van der Waals surface area (Å²) in [6.45, 7) is 12.5. The Hall–Kier alpha value is -2.48. The second kappa shape index (κ2) is 16.7. The monoisotopic (exact) mass is 572 g/mol. The molecule has 1 aliphatic heterocycles. The highest BCUT2D eigenvalue weighted by Gasteiger charge is 2.40. The molecule has 0 spiro atoms. The molecule has 2 aromatic carbocycles. The zero-order valence-corrected chi connectivity index (χ0v) is 25.7. The Morgan fingerprint density at radius 2 is 1.73 bits per heavy atom. The van der Waals surface area contributed by atoms with E-state index in [1.807, 2.05) is 44.2 Å². The fourth-order valence-electron chi connectivity index (χ4n) is 5.27. The van der Waals surface area contributed by atoms with Crippen LogP contribution in [-0.4, -0.2) is 60.4 Å². The van der Waals surface area contributed by atoms with Crippen molar-refractivity contribution >= 4 is 40.9 Å². The van der Waals surface area contributed by atoms with Crippen LogP contribution >= 0.6 is 12.4 Å². The third kappa shape index (κ3) is 9.28. The molecule has 40 heavy (non-hydrogen) atoms. The molecule has 0 saturated carbocycles. The summed E-state index contributed by atoms with van der Waals surface area (Å²) in [6, 6.07) is 13.1. The van der Waals surface area contributed by atoms with Gasteiger partial charge in [0.15, 0.2) is 0 Å². The molecule has 0 aromatic heterocycles. The van der Waals surface area contributed by atoms with E-state index >= 15 is 0 Å². The van der Waals surface area contributed by atoms with Crippen LogP contribution in [0.1, 0.15) is 72.3 Å². The van der Waals surface area contributed by atoms with Gasteiger partial charge in [0.2, 0.25) is 17.7 Å². The van der Waals surface area contributed by atoms with E-state index in [2.05, 4.69) is 48.9 Å². The minimum absolute atomic E-state index is 0. The molecular weight excluding hydrogens is 524 g/mol. The van der Waals surface area contributed by atoms with Crippen LogP contribution in [0.3, 0.4) is 0 Å². The van der Waals surface area contributed by atoms with Crippen molar-refractivity contribution in [2.45, 2.75) is 91.3 Å². The number of imide groups is 1. The number of amides is 3. The maximum atomic E-state index is 13.9. The van der Waals surface area contributed by atoms with Crippen LogP contribution < -0.4 is 16.0 Å². The van der Waals surface area contributed by atoms with Crippen LogP contribution in [0.2, 0.25) is 0 Å². The van der Waals surface area contributed by atoms with Gasteiger partial charge in [-0.2, -0.15) is 0 Å². The van der Waals surface area contributed by atoms with Crippen molar-refractivity contribution in [3.8, 4) is 0 Å². The van der Waals surface area contributed by atoms with Crippen molar-refractivity contribution in [1.82, 2.24) is 20.9 Å². The van der Waals surface area contributed by atoms with Gasteiger partial charge in [-0.25, -0.2) is 0 Å². The van der Waals surface area contributed by atoms with Crippen LogP contribution in [0.4, 0.5) is 0 Å². The third-order valence-corrected chi connectivity index (χ3v) is 7.78. The molecule has 7 nitrogen and oxygen atoms in total. The molecule has 0 aliphatic carbocycles. The Labute approximate surface area is 246 Å². The van der Waals surface area contributed by atoms with Crippen molar-refractivity contribution < 1.29 is 14.4 Å². The standard InChI is InChI=1S/C32H48N4O3.ClH/c1-6-25(7-2)31(38)36(32(39)28-13-10-17-33-28)29(30(37)34-18-16-23(5)35-21-22(3)4)20-24-14-15-26-11-8-9-12-27(26)19-24;/h8-9,11-12,14-15,19,22-23,25,28-29,33,35H,6-7,10,13,16-18,20-21H2,1-5H3,(H,34,37);1H/t23?,28-,29+;/m0./s1. The van der Waals surface area contributed by atoms with Gasteiger partial charge in [-0.15, -0.1) is 12.4 Å². The molecule has 1 aliphatic rings. The minimum Gasteiger partial charge on any atom is -0.354 e. The Bertz CT molecular complexity index is 1080. The van der Waals surface area contributed by atoms with Crippen LogP contribution in [0.15, 0.2) is 42.5 Å². The Kier molecular flexibility index (Phi) is 14.1. The molecule has 1 fully saturated rings. The first kappa shape index (κ1) is 33.7. The maximum absolute atomic E-state index is 13.9. The first-order valence-electron chi connectivity index (χ1n) is 14.8. The molecule has 1 heterocycles. The van der Waals surface area contributed by atoms with Gasteiger partial charge in [-0.3, -0.25) is 19.3 Å². The largest absolute Gasteiger partial charge is 0.354 e. The predicted molar refractivity (Wildman–Crippen MR) is 166 cm³/mol. The van der Waals surface area contributed by atoms with Crippen molar-refractivity contribution in [3.63, 3.8) is 0 Å². The molecule has 8 heteroatoms. The number of hydrogen-bond acceptors (Lipinski definition) is 5. The average molecular weight is 573 g/mol. The number of carbonyl (C=O) groups is 3. The molecule has 222 valence electrons. The lowest BCUT2D eigenvalue weighted by Crippen LogP contribution is -2.58. The molecule has 1 unspecified atom stereocenters. The number of benzene rings is 2. The van der Waals surface area contributed by atoms with Gasteiger partial charge < -0.3 is 16.0 Å². The van der Waals surface area contributed by atoms with Crippen molar-refractivity contribution in [3.05, 3.63) is 48.0 Å². The van der Waals surface area contributed by atoms with Crippen LogP contribution in [-0.2, 0) is 20.8 Å². The summed E-state index contributed by atoms with van der Waals surface area (Å²) in [7, 11) is 0. The normalized spacial score (nSPS) is 16.5. The zero-order chi connectivity index (χ0) is 28.4. The molecule has 3 amide bonds. The lowest BCUT2D eigenvalue weighted by atomic mass is 9.96. The van der Waals surface area contributed by atoms with Crippen molar-refractivity contribution in [2.24, 2.45) is 11.8 Å². The molecule has 0 bridgehead atoms. The molecule has 0 radical (unpaired) electrons. The number of nitrogens with zero attached hydrogens (tertiary/aromatic N) is 1. The highest BCUT2D eigenvalue weighted by molar-refractivity contribution is 6.03. The Morgan fingerprint density at radius 1 is 1.02 bits per heavy atom. The van der Waals surface area contributed by atoms with Gasteiger partial charge in [0.1, 0.15) is 6.04 Å². The Balaban J connectivity index is 0.00000560. The van der Waals surface area contributed by atoms with E-state index < -0.39 is 12.1 Å². The van der Waals surface area contributed by atoms with Crippen LogP contribution in [0, 0.1) is 11.8 Å². The second-order valence-electron chi connectivity index (χ2n) is 11.4. The topological polar surface area (TPSA) is 90.5 Å². The second-order valence-corrected chi connectivity index (χ2v) is 11.4. The summed E-state index contributed by atoms with van der Waals surface area (Å²) in [6.07, 6.45) is 3.85. The van der Waals surface area contributed by atoms with E-state index in [9.17, 15) is 14.4 Å². The molecule has 1 saturated heterocycles. The van der Waals surface area contributed by atoms with Gasteiger partial charge >= 0.3 is 0 Å². The minimum atomic E-state index is -0.909. The van der Waals surface area contributed by atoms with Crippen LogP contribution in [0.5, 0.6) is 0 Å². The lowest BCUT2D eigenvalue weighted by molar-refractivity contribution is -0.155. The highest BCUT2D eigenvalue weighted by atomic mass is 35.5. The third-order valence-electron chi connectivity index (χ3n) is 7.78. The summed E-state index contributed by atoms with van der Waals surface area (Å²) >= 11 is 0. The molecule has 2 aromatic rings. The number of carbonyl (C=O) groups excluding carboxylic acids is 3. The summed E-state index contributed by atoms with van der Waals surface area (Å²) < 4.78 is 0. The average Bonchev–Trinajstić information content (AvgIpc) is 3.47. The first-order chi connectivity index (χ1) is 18.7. The Morgan fingerprint density at radius 3 is 2.35 bits per heavy atom. The van der Waals surface area contributed by atoms with E-state index in [-0.39, 0.29) is 48.5 Å². The maximum Gasteiger partial charge on any atom is 0.247 e. The fraction of sp³-hybridized carbons (Fsp3) is 0.594. The van der Waals surface area contributed by atoms with Gasteiger partial charge in [0.05, 0.1) is 6.04 Å². The summed E-state index contributed by atoms with van der Waals surface area (Å²) in [5.74, 6) is -0.551. The zero-order valence-electron chi connectivity index (χ0n) is 24.9. The molecule has 3 atom stereocenters. The number of hydrogen-bond donors (Lipinski definition) is 3. The first-order valence-corrected chi connectivity index (χ1v) is 14.8. The van der Waals surface area contributed by atoms with Crippen molar-refractivity contribution in [2.75, 3.05) is 19.6 Å². The van der Waals surface area contributed by atoms with Gasteiger partial charge in [0.25, 0.3) is 0 Å². The fourth-order valence-corrected chi connectivity index (χ4v) is 5.27. The number of nitrogens with one attached hydrogen (secondary N) is 3. The smallest absolute Gasteiger partial charge is 0.247 e. The van der Waals surface area contributed by atoms with E-state index in [0.29, 0.717) is 31.7 Å². The quantitative estimate of drug-likeness (QED) is 0.301. The number of halogens is 1. The molecular formula is C32H49ClN4O3. The summed E-state index contributed by atoms with van der Waals surface area (Å²) in [5.41, 5.74) is 0.926. The lowest BCUT2D eigenvalue weighted by Gasteiger charge is -2.34. The van der Waals surface area contributed by atoms with Crippen molar-refractivity contribution in [1.29, 1.82) is 0 Å². The van der Waals surface area contributed by atoms with E-state index in [4.69, 9.17) is 0 Å². The SMILES string of the molecule is CCC(CC)C(=O)N(C(=O)[C@@H]1CCCN1)[C@H](Cc1ccc2ccccc2c1)C(=O)NCCC(C)NCC(C)C.Cl.